The van der Waals surface area contributed by atoms with Crippen molar-refractivity contribution in [1.82, 2.24) is 4.98 Å². The number of aromatic nitrogens is 1. The molecule has 2 heterocycles. The second kappa shape index (κ2) is 9.74. The fraction of sp³-hybridized carbons (Fsp3) is 0.0741. The third-order valence-corrected chi connectivity index (χ3v) is 6.53. The van der Waals surface area contributed by atoms with E-state index in [1.54, 1.807) is 20.3 Å². The molecule has 1 aliphatic rings. The lowest BCUT2D eigenvalue weighted by Gasteiger charge is -2.09. The minimum Gasteiger partial charge on any atom is -0.493 e. The summed E-state index contributed by atoms with van der Waals surface area (Å²) in [5.41, 5.74) is 4.34. The Hall–Kier alpha value is -3.94. The van der Waals surface area contributed by atoms with Crippen molar-refractivity contribution in [2.24, 2.45) is 5.10 Å². The molecule has 0 saturated heterocycles. The summed E-state index contributed by atoms with van der Waals surface area (Å²) in [6, 6.07) is 22.5. The molecule has 1 amide bonds. The van der Waals surface area contributed by atoms with E-state index in [9.17, 15) is 4.79 Å². The third-order valence-electron chi connectivity index (χ3n) is 5.46. The highest BCUT2D eigenvalue weighted by atomic mass is 35.5. The molecule has 0 N–H and O–H groups in total. The van der Waals surface area contributed by atoms with E-state index in [-0.39, 0.29) is 5.91 Å². The molecule has 0 atom stereocenters. The topological polar surface area (TPSA) is 64.0 Å². The Bertz CT molecular complexity index is 1450. The molecule has 0 fully saturated rings. The van der Waals surface area contributed by atoms with Crippen molar-refractivity contribution in [2.45, 2.75) is 0 Å². The van der Waals surface area contributed by atoms with Gasteiger partial charge in [-0.3, -0.25) is 4.79 Å². The molecule has 1 aromatic heterocycles. The normalized spacial score (nSPS) is 14.4. The van der Waals surface area contributed by atoms with Gasteiger partial charge in [0.1, 0.15) is 5.71 Å². The van der Waals surface area contributed by atoms with Crippen molar-refractivity contribution in [3.8, 4) is 22.8 Å². The molecule has 0 bridgehead atoms. The number of rotatable bonds is 6. The van der Waals surface area contributed by atoms with Gasteiger partial charge in [0, 0.05) is 21.5 Å². The Morgan fingerprint density at radius 2 is 1.66 bits per heavy atom. The molecule has 8 heteroatoms. The first-order valence-corrected chi connectivity index (χ1v) is 12.0. The van der Waals surface area contributed by atoms with Crippen LogP contribution < -0.4 is 14.5 Å². The number of amides is 1. The van der Waals surface area contributed by atoms with Crippen LogP contribution in [-0.2, 0) is 4.79 Å². The predicted molar refractivity (Wildman–Crippen MR) is 141 cm³/mol. The zero-order valence-corrected chi connectivity index (χ0v) is 20.5. The fourth-order valence-corrected chi connectivity index (χ4v) is 4.61. The van der Waals surface area contributed by atoms with E-state index in [1.165, 1.54) is 16.3 Å². The predicted octanol–water partition coefficient (Wildman–Crippen LogP) is 6.32. The molecule has 4 aromatic rings. The number of nitrogens with zero attached hydrogens (tertiary/aromatic N) is 3. The Morgan fingerprint density at radius 3 is 2.37 bits per heavy atom. The lowest BCUT2D eigenvalue weighted by atomic mass is 10.00. The molecule has 1 aliphatic heterocycles. The highest BCUT2D eigenvalue weighted by Gasteiger charge is 2.33. The number of thiazole rings is 1. The van der Waals surface area contributed by atoms with Crippen LogP contribution in [0.3, 0.4) is 0 Å². The Kier molecular flexibility index (Phi) is 6.35. The van der Waals surface area contributed by atoms with Crippen LogP contribution in [0.15, 0.2) is 88.9 Å². The highest BCUT2D eigenvalue weighted by Crippen LogP contribution is 2.34. The third kappa shape index (κ3) is 4.56. The summed E-state index contributed by atoms with van der Waals surface area (Å²) in [6.07, 6.45) is 1.81. The minimum absolute atomic E-state index is 0.254. The van der Waals surface area contributed by atoms with Crippen LogP contribution in [0, 0.1) is 0 Å². The first-order chi connectivity index (χ1) is 17.1. The first-order valence-electron chi connectivity index (χ1n) is 10.7. The summed E-state index contributed by atoms with van der Waals surface area (Å²) in [6.45, 7) is 0. The summed E-state index contributed by atoms with van der Waals surface area (Å²) in [5, 5.41) is 9.09. The maximum atomic E-state index is 13.6. The van der Waals surface area contributed by atoms with E-state index < -0.39 is 0 Å². The smallest absolute Gasteiger partial charge is 0.283 e. The van der Waals surface area contributed by atoms with Crippen molar-refractivity contribution in [3.05, 3.63) is 99.9 Å². The number of ether oxygens (including phenoxy) is 2. The lowest BCUT2D eigenvalue weighted by molar-refractivity contribution is -0.114. The number of hydrogen-bond acceptors (Lipinski definition) is 6. The summed E-state index contributed by atoms with van der Waals surface area (Å²) in [7, 11) is 3.16. The largest absolute Gasteiger partial charge is 0.493 e. The molecule has 35 heavy (non-hydrogen) atoms. The number of methoxy groups -OCH3 is 2. The molecule has 5 rings (SSSR count). The molecule has 0 spiro atoms. The van der Waals surface area contributed by atoms with E-state index in [2.05, 4.69) is 10.1 Å². The summed E-state index contributed by atoms with van der Waals surface area (Å²) >= 11 is 7.37. The zero-order chi connectivity index (χ0) is 24.4. The Balaban J connectivity index is 1.55. The quantitative estimate of drug-likeness (QED) is 0.290. The van der Waals surface area contributed by atoms with Gasteiger partial charge in [0.15, 0.2) is 11.5 Å². The van der Waals surface area contributed by atoms with Crippen LogP contribution in [-0.4, -0.2) is 30.8 Å². The van der Waals surface area contributed by atoms with Gasteiger partial charge >= 0.3 is 0 Å². The molecular weight excluding hydrogens is 482 g/mol. The van der Waals surface area contributed by atoms with Crippen LogP contribution in [0.5, 0.6) is 11.5 Å². The molecule has 0 radical (unpaired) electrons. The minimum atomic E-state index is -0.254. The number of benzene rings is 3. The molecule has 0 saturated carbocycles. The highest BCUT2D eigenvalue weighted by molar-refractivity contribution is 7.14. The summed E-state index contributed by atoms with van der Waals surface area (Å²) in [4.78, 5) is 18.3. The van der Waals surface area contributed by atoms with Crippen LogP contribution in [0.1, 0.15) is 11.1 Å². The van der Waals surface area contributed by atoms with Crippen molar-refractivity contribution in [1.29, 1.82) is 0 Å². The first kappa shape index (κ1) is 22.8. The van der Waals surface area contributed by atoms with E-state index >= 15 is 0 Å². The molecule has 3 aromatic carbocycles. The van der Waals surface area contributed by atoms with E-state index in [4.69, 9.17) is 21.1 Å². The van der Waals surface area contributed by atoms with Gasteiger partial charge in [-0.05, 0) is 35.9 Å². The summed E-state index contributed by atoms with van der Waals surface area (Å²) < 4.78 is 10.8. The van der Waals surface area contributed by atoms with E-state index in [0.717, 1.165) is 22.4 Å². The van der Waals surface area contributed by atoms with Gasteiger partial charge in [-0.25, -0.2) is 4.98 Å². The Labute approximate surface area is 211 Å². The van der Waals surface area contributed by atoms with Gasteiger partial charge in [0.05, 0.1) is 25.5 Å². The van der Waals surface area contributed by atoms with Gasteiger partial charge < -0.3 is 9.47 Å². The van der Waals surface area contributed by atoms with Crippen molar-refractivity contribution >= 4 is 45.8 Å². The van der Waals surface area contributed by atoms with Gasteiger partial charge in [0.2, 0.25) is 5.13 Å². The van der Waals surface area contributed by atoms with Gasteiger partial charge in [0.25, 0.3) is 5.91 Å². The molecule has 0 unspecified atom stereocenters. The monoisotopic (exact) mass is 501 g/mol. The average Bonchev–Trinajstić information content (AvgIpc) is 3.50. The number of halogens is 1. The number of hydrazone groups is 1. The second-order valence-electron chi connectivity index (χ2n) is 7.63. The zero-order valence-electron chi connectivity index (χ0n) is 18.9. The van der Waals surface area contributed by atoms with Crippen LogP contribution in [0.4, 0.5) is 5.13 Å². The number of carbonyl (C=O) groups is 1. The average molecular weight is 502 g/mol. The van der Waals surface area contributed by atoms with Gasteiger partial charge in [-0.2, -0.15) is 10.1 Å². The van der Waals surface area contributed by atoms with Crippen LogP contribution in [0.2, 0.25) is 5.02 Å². The standard InChI is InChI=1S/C27H20ClN3O3S/c1-33-23-13-8-17(15-24(23)34-2)14-21-25(19-6-4-3-5-7-19)30-31(26(21)32)27-29-22(16-35-27)18-9-11-20(28)12-10-18/h3-16H,1-2H3/b21-14-. The number of hydrogen-bond donors (Lipinski definition) is 0. The fourth-order valence-electron chi connectivity index (χ4n) is 3.71. The SMILES string of the molecule is COc1ccc(/C=C2\C(=O)N(c3nc(-c4ccc(Cl)cc4)cs3)N=C2c2ccccc2)cc1OC. The Morgan fingerprint density at radius 1 is 0.914 bits per heavy atom. The number of carbonyl (C=O) groups excluding carboxylic acids is 1. The summed E-state index contributed by atoms with van der Waals surface area (Å²) in [5.74, 6) is 0.939. The van der Waals surface area contributed by atoms with E-state index in [1.807, 2.05) is 78.2 Å². The molecule has 174 valence electrons. The maximum Gasteiger partial charge on any atom is 0.283 e. The molecule has 6 nitrogen and oxygen atoms in total. The molecular formula is C27H20ClN3O3S. The second-order valence-corrected chi connectivity index (χ2v) is 8.90. The van der Waals surface area contributed by atoms with Crippen LogP contribution >= 0.6 is 22.9 Å². The number of anilines is 1. The van der Waals surface area contributed by atoms with Crippen molar-refractivity contribution in [2.75, 3.05) is 19.2 Å². The van der Waals surface area contributed by atoms with Crippen molar-refractivity contribution in [3.63, 3.8) is 0 Å². The lowest BCUT2D eigenvalue weighted by Crippen LogP contribution is -2.21. The van der Waals surface area contributed by atoms with Gasteiger partial charge in [-0.1, -0.05) is 60.1 Å². The van der Waals surface area contributed by atoms with Crippen LogP contribution in [0.25, 0.3) is 17.3 Å². The maximum absolute atomic E-state index is 13.6. The molecule has 0 aliphatic carbocycles. The van der Waals surface area contributed by atoms with Gasteiger partial charge in [-0.15, -0.1) is 11.3 Å². The van der Waals surface area contributed by atoms with Crippen molar-refractivity contribution < 1.29 is 14.3 Å². The van der Waals surface area contributed by atoms with E-state index in [0.29, 0.717) is 32.9 Å².